The number of hydrogen-bond donors (Lipinski definition) is 0. The quantitative estimate of drug-likeness (QED) is 0.616. The van der Waals surface area contributed by atoms with E-state index in [1.165, 1.54) is 17.0 Å². The van der Waals surface area contributed by atoms with E-state index in [-0.39, 0.29) is 17.2 Å². The molecule has 2 heterocycles. The number of rotatable bonds is 8. The first kappa shape index (κ1) is 19.2. The molecule has 0 N–H and O–H groups in total. The maximum Gasteiger partial charge on any atom is 0.162 e. The first-order valence-corrected chi connectivity index (χ1v) is 10.2. The highest BCUT2D eigenvalue weighted by atomic mass is 32.1. The molecular weight excluding hydrogens is 349 g/mol. The van der Waals surface area contributed by atoms with E-state index >= 15 is 0 Å². The van der Waals surface area contributed by atoms with Crippen LogP contribution < -0.4 is 0 Å². The van der Waals surface area contributed by atoms with Crippen molar-refractivity contribution in [3.8, 4) is 0 Å². The number of carbonyl (C=O) groups excluding carboxylic acids is 1. The number of carbonyl (C=O) groups is 1. The first-order valence-electron chi connectivity index (χ1n) is 9.32. The van der Waals surface area contributed by atoms with Crippen molar-refractivity contribution in [1.82, 2.24) is 4.90 Å². The average molecular weight is 376 g/mol. The lowest BCUT2D eigenvalue weighted by Gasteiger charge is -2.41. The van der Waals surface area contributed by atoms with Crippen molar-refractivity contribution in [3.05, 3.63) is 58.0 Å². The predicted octanol–water partition coefficient (Wildman–Crippen LogP) is 4.88. The molecule has 0 aliphatic carbocycles. The van der Waals surface area contributed by atoms with Crippen LogP contribution in [0.1, 0.15) is 47.8 Å². The number of benzene rings is 1. The average Bonchev–Trinajstić information content (AvgIpc) is 3.19. The summed E-state index contributed by atoms with van der Waals surface area (Å²) in [6.07, 6.45) is 3.32. The van der Waals surface area contributed by atoms with E-state index in [0.29, 0.717) is 12.0 Å². The molecule has 3 nitrogen and oxygen atoms in total. The summed E-state index contributed by atoms with van der Waals surface area (Å²) in [5.41, 5.74) is 0.460. The molecule has 3 rings (SSSR count). The maximum absolute atomic E-state index is 12.9. The van der Waals surface area contributed by atoms with Crippen molar-refractivity contribution in [2.24, 2.45) is 0 Å². The number of Topliss-reactive ketones (excluding diaryl/α,β-unsaturated/α-hetero) is 1. The van der Waals surface area contributed by atoms with Crippen LogP contribution in [0, 0.1) is 5.82 Å². The summed E-state index contributed by atoms with van der Waals surface area (Å²) in [7, 11) is 0. The second kappa shape index (κ2) is 8.89. The molecule has 140 valence electrons. The third-order valence-electron chi connectivity index (χ3n) is 5.10. The molecule has 1 aliphatic heterocycles. The van der Waals surface area contributed by atoms with Gasteiger partial charge in [-0.3, -0.25) is 4.79 Å². The molecule has 5 heteroatoms. The van der Waals surface area contributed by atoms with Gasteiger partial charge in [-0.1, -0.05) is 6.07 Å². The van der Waals surface area contributed by atoms with E-state index in [4.69, 9.17) is 4.74 Å². The Balaban J connectivity index is 1.46. The molecule has 1 fully saturated rings. The summed E-state index contributed by atoms with van der Waals surface area (Å²) in [6, 6.07) is 10.1. The number of ether oxygens (including phenoxy) is 1. The highest BCUT2D eigenvalue weighted by molar-refractivity contribution is 7.10. The number of piperidine rings is 1. The van der Waals surface area contributed by atoms with Crippen LogP contribution in [-0.2, 0) is 10.3 Å². The molecule has 0 saturated carbocycles. The Morgan fingerprint density at radius 3 is 2.58 bits per heavy atom. The van der Waals surface area contributed by atoms with Gasteiger partial charge in [-0.05, 0) is 68.4 Å². The van der Waals surface area contributed by atoms with E-state index < -0.39 is 0 Å². The normalized spacial score (nSPS) is 17.3. The standard InChI is InChI=1S/C21H26FNO2S/c1-2-25-21(20-6-4-16-26-20)11-14-23(15-12-21)13-3-5-19(24)17-7-9-18(22)10-8-17/h4,6-10,16H,2-3,5,11-15H2,1H3. The minimum atomic E-state index is -0.307. The van der Waals surface area contributed by atoms with Crippen molar-refractivity contribution >= 4 is 17.1 Å². The summed E-state index contributed by atoms with van der Waals surface area (Å²) < 4.78 is 19.1. The van der Waals surface area contributed by atoms with Crippen molar-refractivity contribution < 1.29 is 13.9 Å². The van der Waals surface area contributed by atoms with E-state index in [9.17, 15) is 9.18 Å². The third-order valence-corrected chi connectivity index (χ3v) is 6.15. The summed E-state index contributed by atoms with van der Waals surface area (Å²) >= 11 is 1.77. The van der Waals surface area contributed by atoms with E-state index in [1.54, 1.807) is 23.5 Å². The summed E-state index contributed by atoms with van der Waals surface area (Å²) in [5, 5.41) is 2.11. The Morgan fingerprint density at radius 1 is 1.23 bits per heavy atom. The molecule has 1 aromatic carbocycles. The van der Waals surface area contributed by atoms with Crippen LogP contribution in [0.2, 0.25) is 0 Å². The van der Waals surface area contributed by atoms with Crippen LogP contribution in [0.4, 0.5) is 4.39 Å². The SMILES string of the molecule is CCOC1(c2cccs2)CCN(CCCC(=O)c2ccc(F)cc2)CC1. The van der Waals surface area contributed by atoms with Gasteiger partial charge in [0, 0.05) is 36.6 Å². The number of halogens is 1. The second-order valence-electron chi connectivity index (χ2n) is 6.78. The van der Waals surface area contributed by atoms with Gasteiger partial charge in [0.15, 0.2) is 5.78 Å². The Morgan fingerprint density at radius 2 is 1.96 bits per heavy atom. The van der Waals surface area contributed by atoms with Crippen molar-refractivity contribution in [2.75, 3.05) is 26.2 Å². The topological polar surface area (TPSA) is 29.5 Å². The first-order chi connectivity index (χ1) is 12.6. The third kappa shape index (κ3) is 4.58. The minimum Gasteiger partial charge on any atom is -0.370 e. The van der Waals surface area contributed by atoms with E-state index in [2.05, 4.69) is 29.3 Å². The van der Waals surface area contributed by atoms with Gasteiger partial charge in [-0.2, -0.15) is 0 Å². The largest absolute Gasteiger partial charge is 0.370 e. The zero-order valence-electron chi connectivity index (χ0n) is 15.2. The molecule has 0 spiro atoms. The van der Waals surface area contributed by atoms with E-state index in [0.717, 1.165) is 45.5 Å². The van der Waals surface area contributed by atoms with Gasteiger partial charge in [0.1, 0.15) is 11.4 Å². The monoisotopic (exact) mass is 375 g/mol. The molecule has 0 amide bonds. The summed E-state index contributed by atoms with van der Waals surface area (Å²) in [4.78, 5) is 15.9. The molecule has 0 unspecified atom stereocenters. The number of thiophene rings is 1. The number of nitrogens with zero attached hydrogens (tertiary/aromatic N) is 1. The minimum absolute atomic E-state index is 0.0873. The van der Waals surface area contributed by atoms with Crippen molar-refractivity contribution in [1.29, 1.82) is 0 Å². The zero-order chi connectivity index (χ0) is 18.4. The second-order valence-corrected chi connectivity index (χ2v) is 7.73. The molecule has 1 aromatic heterocycles. The van der Waals surface area contributed by atoms with Gasteiger partial charge in [0.05, 0.1) is 0 Å². The summed E-state index contributed by atoms with van der Waals surface area (Å²) in [5.74, 6) is -0.220. The van der Waals surface area contributed by atoms with Gasteiger partial charge in [-0.25, -0.2) is 4.39 Å². The van der Waals surface area contributed by atoms with Gasteiger partial charge in [-0.15, -0.1) is 11.3 Å². The Kier molecular flexibility index (Phi) is 6.57. The maximum atomic E-state index is 12.9. The number of likely N-dealkylation sites (tertiary alicyclic amines) is 1. The molecule has 0 atom stereocenters. The Bertz CT molecular complexity index is 691. The molecular formula is C21H26FNO2S. The highest BCUT2D eigenvalue weighted by Gasteiger charge is 2.37. The van der Waals surface area contributed by atoms with Crippen LogP contribution in [0.5, 0.6) is 0 Å². The molecule has 1 aliphatic rings. The predicted molar refractivity (Wildman–Crippen MR) is 103 cm³/mol. The molecule has 26 heavy (non-hydrogen) atoms. The van der Waals surface area contributed by atoms with Crippen LogP contribution in [-0.4, -0.2) is 36.9 Å². The summed E-state index contributed by atoms with van der Waals surface area (Å²) in [6.45, 7) is 5.68. The smallest absolute Gasteiger partial charge is 0.162 e. The zero-order valence-corrected chi connectivity index (χ0v) is 16.1. The fourth-order valence-corrected chi connectivity index (χ4v) is 4.60. The molecule has 1 saturated heterocycles. The van der Waals surface area contributed by atoms with Crippen LogP contribution in [0.3, 0.4) is 0 Å². The van der Waals surface area contributed by atoms with Gasteiger partial charge < -0.3 is 9.64 Å². The van der Waals surface area contributed by atoms with Gasteiger partial charge in [0.25, 0.3) is 0 Å². The van der Waals surface area contributed by atoms with Crippen LogP contribution in [0.15, 0.2) is 41.8 Å². The molecule has 2 aromatic rings. The van der Waals surface area contributed by atoms with E-state index in [1.807, 2.05) is 0 Å². The highest BCUT2D eigenvalue weighted by Crippen LogP contribution is 2.39. The lowest BCUT2D eigenvalue weighted by Crippen LogP contribution is -2.44. The van der Waals surface area contributed by atoms with Crippen LogP contribution in [0.25, 0.3) is 0 Å². The fraction of sp³-hybridized carbons (Fsp3) is 0.476. The lowest BCUT2D eigenvalue weighted by atomic mass is 9.89. The van der Waals surface area contributed by atoms with Gasteiger partial charge >= 0.3 is 0 Å². The van der Waals surface area contributed by atoms with Crippen molar-refractivity contribution in [3.63, 3.8) is 0 Å². The molecule has 0 radical (unpaired) electrons. The Hall–Kier alpha value is -1.56. The van der Waals surface area contributed by atoms with Gasteiger partial charge in [0.2, 0.25) is 0 Å². The van der Waals surface area contributed by atoms with Crippen LogP contribution >= 0.6 is 11.3 Å². The number of ketones is 1. The lowest BCUT2D eigenvalue weighted by molar-refractivity contribution is -0.0825. The fourth-order valence-electron chi connectivity index (χ4n) is 3.66. The van der Waals surface area contributed by atoms with Crippen molar-refractivity contribution in [2.45, 2.75) is 38.2 Å². The molecule has 0 bridgehead atoms. The Labute approximate surface area is 158 Å². The number of hydrogen-bond acceptors (Lipinski definition) is 4.